The molecule has 0 saturated carbocycles. The average molecular weight is 525 g/mol. The summed E-state index contributed by atoms with van der Waals surface area (Å²) in [6.45, 7) is 10.5. The number of fused-ring (bicyclic) bond motifs is 1. The number of rotatable bonds is 5. The summed E-state index contributed by atoms with van der Waals surface area (Å²) in [5.41, 5.74) is 4.50. The fourth-order valence-corrected chi connectivity index (χ4v) is 5.31. The zero-order valence-corrected chi connectivity index (χ0v) is 22.9. The van der Waals surface area contributed by atoms with Gasteiger partial charge in [-0.2, -0.15) is 5.10 Å². The quantitative estimate of drug-likeness (QED) is 0.353. The third-order valence-corrected chi connectivity index (χ3v) is 7.34. The number of benzene rings is 3. The van der Waals surface area contributed by atoms with Crippen LogP contribution in [0.4, 0.5) is 10.2 Å². The van der Waals surface area contributed by atoms with Crippen LogP contribution in [0.3, 0.4) is 0 Å². The number of carbonyl (C=O) groups is 2. The first-order valence-corrected chi connectivity index (χ1v) is 13.2. The van der Waals surface area contributed by atoms with Crippen molar-refractivity contribution in [1.29, 1.82) is 0 Å². The second kappa shape index (κ2) is 10.1. The number of aryl methyl sites for hydroxylation is 1. The Bertz CT molecular complexity index is 1520. The molecule has 1 N–H and O–H groups in total. The van der Waals surface area contributed by atoms with E-state index in [1.165, 1.54) is 12.1 Å². The molecular formula is C32H33FN4O2. The Morgan fingerprint density at radius 3 is 2.33 bits per heavy atom. The lowest BCUT2D eigenvalue weighted by Crippen LogP contribution is -2.55. The summed E-state index contributed by atoms with van der Waals surface area (Å²) in [5.74, 6) is -0.827. The van der Waals surface area contributed by atoms with Crippen LogP contribution >= 0.6 is 0 Å². The Hall–Kier alpha value is -4.26. The molecule has 3 aromatic carbocycles. The molecule has 0 saturated heterocycles. The van der Waals surface area contributed by atoms with Crippen molar-refractivity contribution in [2.45, 2.75) is 52.0 Å². The van der Waals surface area contributed by atoms with Crippen LogP contribution in [0.5, 0.6) is 0 Å². The molecule has 0 fully saturated rings. The number of hydrogen-bond acceptors (Lipinski definition) is 3. The van der Waals surface area contributed by atoms with Crippen molar-refractivity contribution in [2.24, 2.45) is 0 Å². The predicted octanol–water partition coefficient (Wildman–Crippen LogP) is 5.91. The van der Waals surface area contributed by atoms with Gasteiger partial charge in [0, 0.05) is 23.6 Å². The highest BCUT2D eigenvalue weighted by Crippen LogP contribution is 2.43. The second-order valence-corrected chi connectivity index (χ2v) is 11.0. The summed E-state index contributed by atoms with van der Waals surface area (Å²) >= 11 is 0. The van der Waals surface area contributed by atoms with E-state index in [4.69, 9.17) is 5.10 Å². The molecule has 2 amide bonds. The van der Waals surface area contributed by atoms with Crippen molar-refractivity contribution in [2.75, 3.05) is 11.4 Å². The monoisotopic (exact) mass is 524 g/mol. The molecule has 6 nitrogen and oxygen atoms in total. The first kappa shape index (κ1) is 26.4. The first-order chi connectivity index (χ1) is 18.6. The van der Waals surface area contributed by atoms with E-state index in [-0.39, 0.29) is 23.0 Å². The minimum Gasteiger partial charge on any atom is -0.339 e. The molecule has 2 unspecified atom stereocenters. The lowest BCUT2D eigenvalue weighted by atomic mass is 9.81. The van der Waals surface area contributed by atoms with Gasteiger partial charge in [0.1, 0.15) is 17.7 Å². The van der Waals surface area contributed by atoms with Gasteiger partial charge in [-0.1, -0.05) is 63.2 Å². The fraction of sp³-hybridized carbons (Fsp3) is 0.281. The number of amides is 2. The molecule has 0 aliphatic carbocycles. The number of anilines is 1. The third-order valence-electron chi connectivity index (χ3n) is 7.34. The van der Waals surface area contributed by atoms with E-state index in [1.807, 2.05) is 62.4 Å². The molecular weight excluding hydrogens is 491 g/mol. The van der Waals surface area contributed by atoms with Crippen LogP contribution in [0.1, 0.15) is 66.4 Å². The van der Waals surface area contributed by atoms with Crippen molar-refractivity contribution in [3.05, 3.63) is 113 Å². The van der Waals surface area contributed by atoms with Gasteiger partial charge in [0.2, 0.25) is 0 Å². The van der Waals surface area contributed by atoms with Crippen molar-refractivity contribution in [3.8, 4) is 5.69 Å². The van der Waals surface area contributed by atoms with Gasteiger partial charge in [-0.3, -0.25) is 14.5 Å². The summed E-state index contributed by atoms with van der Waals surface area (Å²) in [6, 6.07) is 22.4. The van der Waals surface area contributed by atoms with E-state index in [2.05, 4.69) is 26.1 Å². The maximum atomic E-state index is 14.2. The zero-order valence-electron chi connectivity index (χ0n) is 22.9. The Kier molecular flexibility index (Phi) is 6.85. The van der Waals surface area contributed by atoms with Gasteiger partial charge in [0.05, 0.1) is 11.4 Å². The topological polar surface area (TPSA) is 67.2 Å². The summed E-state index contributed by atoms with van der Waals surface area (Å²) in [4.78, 5) is 29.5. The van der Waals surface area contributed by atoms with Gasteiger partial charge in [-0.05, 0) is 66.8 Å². The summed E-state index contributed by atoms with van der Waals surface area (Å²) < 4.78 is 15.7. The number of para-hydroxylation sites is 1. The van der Waals surface area contributed by atoms with E-state index >= 15 is 0 Å². The molecule has 7 heteroatoms. The van der Waals surface area contributed by atoms with Crippen molar-refractivity contribution in [1.82, 2.24) is 15.1 Å². The lowest BCUT2D eigenvalue weighted by Gasteiger charge is -2.38. The molecule has 5 rings (SSSR count). The number of hydrogen-bond donors (Lipinski definition) is 1. The van der Waals surface area contributed by atoms with Crippen LogP contribution in [-0.2, 0) is 10.2 Å². The van der Waals surface area contributed by atoms with E-state index in [0.717, 1.165) is 28.1 Å². The Morgan fingerprint density at radius 2 is 1.69 bits per heavy atom. The summed E-state index contributed by atoms with van der Waals surface area (Å²) in [7, 11) is 0. The number of nitrogens with one attached hydrogen (secondary N) is 1. The SMILES string of the molecule is CCN1C(=O)C(NC(=O)c2cccc(C(C)(C)C)c2)C(c2ccc(F)cc2)c2c(C)nn(-c3ccccc3)c21. The Labute approximate surface area is 228 Å². The van der Waals surface area contributed by atoms with E-state index in [0.29, 0.717) is 17.9 Å². The van der Waals surface area contributed by atoms with Crippen LogP contribution in [0, 0.1) is 12.7 Å². The van der Waals surface area contributed by atoms with Crippen LogP contribution in [0.15, 0.2) is 78.9 Å². The third kappa shape index (κ3) is 4.85. The number of carbonyl (C=O) groups excluding carboxylic acids is 2. The zero-order chi connectivity index (χ0) is 27.9. The Morgan fingerprint density at radius 1 is 1.00 bits per heavy atom. The molecule has 0 bridgehead atoms. The maximum absolute atomic E-state index is 14.2. The predicted molar refractivity (Wildman–Crippen MR) is 151 cm³/mol. The normalized spacial score (nSPS) is 17.2. The summed E-state index contributed by atoms with van der Waals surface area (Å²) in [6.07, 6.45) is 0. The van der Waals surface area contributed by atoms with E-state index in [9.17, 15) is 14.0 Å². The highest BCUT2D eigenvalue weighted by Gasteiger charge is 2.45. The van der Waals surface area contributed by atoms with Gasteiger partial charge in [0.25, 0.3) is 11.8 Å². The second-order valence-electron chi connectivity index (χ2n) is 11.0. The van der Waals surface area contributed by atoms with Gasteiger partial charge >= 0.3 is 0 Å². The van der Waals surface area contributed by atoms with Crippen molar-refractivity contribution in [3.63, 3.8) is 0 Å². The molecule has 2 atom stereocenters. The lowest BCUT2D eigenvalue weighted by molar-refractivity contribution is -0.121. The number of halogens is 1. The molecule has 1 aromatic heterocycles. The molecule has 200 valence electrons. The van der Waals surface area contributed by atoms with Gasteiger partial charge in [0.15, 0.2) is 0 Å². The van der Waals surface area contributed by atoms with Crippen LogP contribution in [0.25, 0.3) is 5.69 Å². The first-order valence-electron chi connectivity index (χ1n) is 13.2. The molecule has 39 heavy (non-hydrogen) atoms. The Balaban J connectivity index is 1.65. The fourth-order valence-electron chi connectivity index (χ4n) is 5.31. The molecule has 0 radical (unpaired) electrons. The standard InChI is InChI=1S/C32H33FN4O2/c1-6-36-30-26(20(2)35-37(30)25-13-8-7-9-14-25)27(21-15-17-24(33)18-16-21)28(31(36)39)34-29(38)22-11-10-12-23(19-22)32(3,4)5/h7-19,27-28H,6H2,1-5H3,(H,34,38). The van der Waals surface area contributed by atoms with Crippen LogP contribution < -0.4 is 10.2 Å². The number of nitrogens with zero attached hydrogens (tertiary/aromatic N) is 3. The van der Waals surface area contributed by atoms with E-state index in [1.54, 1.807) is 27.8 Å². The molecule has 2 heterocycles. The highest BCUT2D eigenvalue weighted by atomic mass is 19.1. The average Bonchev–Trinajstić information content (AvgIpc) is 3.26. The van der Waals surface area contributed by atoms with Gasteiger partial charge in [-0.25, -0.2) is 9.07 Å². The molecule has 0 spiro atoms. The van der Waals surface area contributed by atoms with Crippen molar-refractivity contribution >= 4 is 17.6 Å². The maximum Gasteiger partial charge on any atom is 0.251 e. The smallest absolute Gasteiger partial charge is 0.251 e. The minimum atomic E-state index is -0.902. The van der Waals surface area contributed by atoms with Gasteiger partial charge in [-0.15, -0.1) is 0 Å². The highest BCUT2D eigenvalue weighted by molar-refractivity contribution is 6.05. The number of aromatic nitrogens is 2. The van der Waals surface area contributed by atoms with Crippen LogP contribution in [-0.4, -0.2) is 34.2 Å². The van der Waals surface area contributed by atoms with Crippen molar-refractivity contribution < 1.29 is 14.0 Å². The minimum absolute atomic E-state index is 0.134. The largest absolute Gasteiger partial charge is 0.339 e. The van der Waals surface area contributed by atoms with Crippen LogP contribution in [0.2, 0.25) is 0 Å². The molecule has 1 aliphatic heterocycles. The van der Waals surface area contributed by atoms with E-state index < -0.39 is 12.0 Å². The molecule has 4 aromatic rings. The summed E-state index contributed by atoms with van der Waals surface area (Å²) in [5, 5.41) is 7.88. The molecule has 1 aliphatic rings. The number of likely N-dealkylation sites (N-methyl/N-ethyl adjacent to an activating group) is 1. The van der Waals surface area contributed by atoms with Gasteiger partial charge < -0.3 is 5.32 Å².